The van der Waals surface area contributed by atoms with Crippen molar-refractivity contribution in [1.82, 2.24) is 0 Å². The van der Waals surface area contributed by atoms with Crippen molar-refractivity contribution >= 4 is 17.3 Å². The molecule has 0 saturated carbocycles. The Morgan fingerprint density at radius 3 is 3.00 bits per heavy atom. The average molecular weight is 226 g/mol. The second-order valence-electron chi connectivity index (χ2n) is 4.19. The van der Waals surface area contributed by atoms with Crippen LogP contribution in [0.2, 0.25) is 5.02 Å². The number of anilines is 1. The molecule has 2 N–H and O–H groups in total. The summed E-state index contributed by atoms with van der Waals surface area (Å²) in [6.45, 7) is 2.25. The zero-order chi connectivity index (χ0) is 10.9. The highest BCUT2D eigenvalue weighted by atomic mass is 35.5. The van der Waals surface area contributed by atoms with Crippen LogP contribution in [0.1, 0.15) is 25.3 Å². The molecule has 0 fully saturated rings. The highest BCUT2D eigenvalue weighted by Crippen LogP contribution is 2.36. The highest BCUT2D eigenvalue weighted by Gasteiger charge is 2.32. The van der Waals surface area contributed by atoms with E-state index in [1.165, 1.54) is 5.56 Å². The zero-order valence-corrected chi connectivity index (χ0v) is 9.64. The van der Waals surface area contributed by atoms with Crippen molar-refractivity contribution < 1.29 is 5.11 Å². The molecule has 1 aliphatic rings. The summed E-state index contributed by atoms with van der Waals surface area (Å²) < 4.78 is 0. The average Bonchev–Trinajstić information content (AvgIpc) is 2.29. The number of aliphatic hydroxyl groups excluding tert-OH is 1. The Hall–Kier alpha value is -0.730. The van der Waals surface area contributed by atoms with E-state index < -0.39 is 0 Å². The normalized spacial score (nSPS) is 24.5. The fourth-order valence-electron chi connectivity index (χ4n) is 2.11. The maximum atomic E-state index is 9.45. The van der Waals surface area contributed by atoms with Gasteiger partial charge in [-0.15, -0.1) is 0 Å². The topological polar surface area (TPSA) is 32.3 Å². The van der Waals surface area contributed by atoms with Gasteiger partial charge >= 0.3 is 0 Å². The van der Waals surface area contributed by atoms with Crippen molar-refractivity contribution in [2.24, 2.45) is 0 Å². The van der Waals surface area contributed by atoms with E-state index in [1.807, 2.05) is 12.1 Å². The molecule has 1 unspecified atom stereocenters. The number of para-hydroxylation sites is 1. The van der Waals surface area contributed by atoms with Crippen molar-refractivity contribution in [3.8, 4) is 0 Å². The van der Waals surface area contributed by atoms with E-state index in [0.717, 1.165) is 30.0 Å². The Bertz CT molecular complexity index is 361. The third kappa shape index (κ3) is 1.84. The summed E-state index contributed by atoms with van der Waals surface area (Å²) in [5.74, 6) is 0. The first-order valence-corrected chi connectivity index (χ1v) is 5.75. The van der Waals surface area contributed by atoms with Gasteiger partial charge in [-0.05, 0) is 30.9 Å². The molecular formula is C12H16ClNO. The van der Waals surface area contributed by atoms with Crippen LogP contribution in [0.5, 0.6) is 0 Å². The van der Waals surface area contributed by atoms with Gasteiger partial charge in [-0.2, -0.15) is 0 Å². The molecule has 1 atom stereocenters. The number of aryl methyl sites for hydroxylation is 1. The van der Waals surface area contributed by atoms with E-state index in [4.69, 9.17) is 11.6 Å². The molecular weight excluding hydrogens is 210 g/mol. The van der Waals surface area contributed by atoms with Crippen molar-refractivity contribution in [1.29, 1.82) is 0 Å². The molecule has 3 heteroatoms. The lowest BCUT2D eigenvalue weighted by Crippen LogP contribution is -2.44. The first kappa shape index (κ1) is 10.8. The minimum absolute atomic E-state index is 0.161. The van der Waals surface area contributed by atoms with E-state index in [0.29, 0.717) is 0 Å². The fourth-order valence-corrected chi connectivity index (χ4v) is 2.36. The number of aliphatic hydroxyl groups is 1. The second kappa shape index (κ2) is 4.03. The van der Waals surface area contributed by atoms with Crippen LogP contribution in [0.4, 0.5) is 5.69 Å². The molecule has 0 bridgehead atoms. The molecule has 1 aromatic rings. The van der Waals surface area contributed by atoms with Gasteiger partial charge in [0.1, 0.15) is 0 Å². The molecule has 2 rings (SSSR count). The van der Waals surface area contributed by atoms with Crippen LogP contribution < -0.4 is 5.32 Å². The van der Waals surface area contributed by atoms with E-state index >= 15 is 0 Å². The van der Waals surface area contributed by atoms with Gasteiger partial charge in [0.15, 0.2) is 0 Å². The number of nitrogens with one attached hydrogen (secondary N) is 1. The SMILES string of the molecule is CCC1(CO)CCc2cccc(Cl)c2N1. The first-order chi connectivity index (χ1) is 7.21. The summed E-state index contributed by atoms with van der Waals surface area (Å²) in [6.07, 6.45) is 2.86. The molecule has 0 aromatic heterocycles. The molecule has 0 radical (unpaired) electrons. The molecule has 1 heterocycles. The zero-order valence-electron chi connectivity index (χ0n) is 8.89. The summed E-state index contributed by atoms with van der Waals surface area (Å²) in [4.78, 5) is 0. The fraction of sp³-hybridized carbons (Fsp3) is 0.500. The number of hydrogen-bond acceptors (Lipinski definition) is 2. The quantitative estimate of drug-likeness (QED) is 0.811. The standard InChI is InChI=1S/C12H16ClNO/c1-2-12(8-15)7-6-9-4-3-5-10(13)11(9)14-12/h3-5,14-15H,2,6-8H2,1H3. The summed E-state index contributed by atoms with van der Waals surface area (Å²) >= 11 is 6.14. The Morgan fingerprint density at radius 2 is 2.33 bits per heavy atom. The predicted molar refractivity (Wildman–Crippen MR) is 63.5 cm³/mol. The van der Waals surface area contributed by atoms with Gasteiger partial charge in [0, 0.05) is 0 Å². The van der Waals surface area contributed by atoms with Crippen LogP contribution in [-0.4, -0.2) is 17.3 Å². The van der Waals surface area contributed by atoms with E-state index in [-0.39, 0.29) is 12.1 Å². The molecule has 1 aromatic carbocycles. The minimum atomic E-state index is -0.183. The first-order valence-electron chi connectivity index (χ1n) is 5.37. The predicted octanol–water partition coefficient (Wildman–Crippen LogP) is 2.84. The molecule has 0 spiro atoms. The van der Waals surface area contributed by atoms with Crippen LogP contribution in [0.25, 0.3) is 0 Å². The van der Waals surface area contributed by atoms with Gasteiger partial charge in [0.25, 0.3) is 0 Å². The van der Waals surface area contributed by atoms with Crippen molar-refractivity contribution in [2.45, 2.75) is 31.7 Å². The number of rotatable bonds is 2. The highest BCUT2D eigenvalue weighted by molar-refractivity contribution is 6.33. The number of hydrogen-bond donors (Lipinski definition) is 2. The van der Waals surface area contributed by atoms with Crippen LogP contribution >= 0.6 is 11.6 Å². The molecule has 0 amide bonds. The maximum Gasteiger partial charge on any atom is 0.0661 e. The molecule has 15 heavy (non-hydrogen) atoms. The summed E-state index contributed by atoms with van der Waals surface area (Å²) in [6, 6.07) is 5.95. The van der Waals surface area contributed by atoms with Crippen molar-refractivity contribution in [3.63, 3.8) is 0 Å². The van der Waals surface area contributed by atoms with Crippen LogP contribution in [0.15, 0.2) is 18.2 Å². The molecule has 1 aliphatic heterocycles. The van der Waals surface area contributed by atoms with Gasteiger partial charge in [-0.1, -0.05) is 30.7 Å². The minimum Gasteiger partial charge on any atom is -0.394 e. The van der Waals surface area contributed by atoms with Gasteiger partial charge in [-0.25, -0.2) is 0 Å². The molecule has 0 aliphatic carbocycles. The van der Waals surface area contributed by atoms with Crippen LogP contribution in [0.3, 0.4) is 0 Å². The monoisotopic (exact) mass is 225 g/mol. The Balaban J connectivity index is 2.36. The lowest BCUT2D eigenvalue weighted by molar-refractivity contribution is 0.195. The van der Waals surface area contributed by atoms with Crippen LogP contribution in [0, 0.1) is 0 Å². The van der Waals surface area contributed by atoms with E-state index in [2.05, 4.69) is 18.3 Å². The van der Waals surface area contributed by atoms with Gasteiger partial charge in [0.05, 0.1) is 22.9 Å². The lowest BCUT2D eigenvalue weighted by atomic mass is 9.85. The third-order valence-corrected chi connectivity index (χ3v) is 3.66. The Morgan fingerprint density at radius 1 is 1.53 bits per heavy atom. The number of halogens is 1. The number of fused-ring (bicyclic) bond motifs is 1. The maximum absolute atomic E-state index is 9.45. The van der Waals surface area contributed by atoms with Crippen molar-refractivity contribution in [3.05, 3.63) is 28.8 Å². The van der Waals surface area contributed by atoms with E-state index in [9.17, 15) is 5.11 Å². The van der Waals surface area contributed by atoms with Gasteiger partial charge < -0.3 is 10.4 Å². The smallest absolute Gasteiger partial charge is 0.0661 e. The molecule has 0 saturated heterocycles. The Labute approximate surface area is 95.3 Å². The second-order valence-corrected chi connectivity index (χ2v) is 4.60. The van der Waals surface area contributed by atoms with Crippen molar-refractivity contribution in [2.75, 3.05) is 11.9 Å². The largest absolute Gasteiger partial charge is 0.394 e. The lowest BCUT2D eigenvalue weighted by Gasteiger charge is -2.38. The number of benzene rings is 1. The van der Waals surface area contributed by atoms with E-state index in [1.54, 1.807) is 0 Å². The third-order valence-electron chi connectivity index (χ3n) is 3.34. The molecule has 82 valence electrons. The summed E-state index contributed by atoms with van der Waals surface area (Å²) in [5, 5.41) is 13.6. The summed E-state index contributed by atoms with van der Waals surface area (Å²) in [5.41, 5.74) is 2.07. The summed E-state index contributed by atoms with van der Waals surface area (Å²) in [7, 11) is 0. The van der Waals surface area contributed by atoms with Gasteiger partial charge in [0.2, 0.25) is 0 Å². The van der Waals surface area contributed by atoms with Gasteiger partial charge in [-0.3, -0.25) is 0 Å². The van der Waals surface area contributed by atoms with Crippen LogP contribution in [-0.2, 0) is 6.42 Å². The molecule has 2 nitrogen and oxygen atoms in total. The Kier molecular flexibility index (Phi) is 2.89.